The van der Waals surface area contributed by atoms with Crippen molar-refractivity contribution in [3.05, 3.63) is 93.8 Å². The van der Waals surface area contributed by atoms with E-state index in [1.165, 1.54) is 50.0 Å². The van der Waals surface area contributed by atoms with E-state index in [4.69, 9.17) is 9.47 Å². The molecule has 35 heavy (non-hydrogen) atoms. The van der Waals surface area contributed by atoms with Gasteiger partial charge in [0.1, 0.15) is 31.2 Å². The normalized spacial score (nSPS) is 12.9. The Morgan fingerprint density at radius 1 is 0.914 bits per heavy atom. The molecule has 0 saturated heterocycles. The molecule has 0 radical (unpaired) electrons. The molecule has 1 aliphatic rings. The first-order chi connectivity index (χ1) is 16.9. The molecule has 4 aromatic rings. The summed E-state index contributed by atoms with van der Waals surface area (Å²) in [7, 11) is 0. The number of allylic oxidation sites excluding steroid dienone is 1. The summed E-state index contributed by atoms with van der Waals surface area (Å²) >= 11 is 0. The van der Waals surface area contributed by atoms with Crippen LogP contribution in [-0.2, 0) is 13.1 Å². The quantitative estimate of drug-likeness (QED) is 0.307. The minimum Gasteiger partial charge on any atom is -0.494 e. The maximum absolute atomic E-state index is 5.91. The molecule has 4 nitrogen and oxygen atoms in total. The smallest absolute Gasteiger partial charge is 0.245 e. The highest BCUT2D eigenvalue weighted by atomic mass is 16.5. The van der Waals surface area contributed by atoms with Crippen molar-refractivity contribution in [3.63, 3.8) is 0 Å². The highest BCUT2D eigenvalue weighted by Gasteiger charge is 2.22. The average Bonchev–Trinajstić information content (AvgIpc) is 3.22. The van der Waals surface area contributed by atoms with Crippen LogP contribution >= 0.6 is 0 Å². The van der Waals surface area contributed by atoms with Crippen LogP contribution in [0.5, 0.6) is 11.5 Å². The predicted octanol–water partition coefficient (Wildman–Crippen LogP) is 6.39. The Morgan fingerprint density at radius 3 is 2.37 bits per heavy atom. The molecule has 0 aliphatic carbocycles. The fourth-order valence-electron chi connectivity index (χ4n) is 5.30. The summed E-state index contributed by atoms with van der Waals surface area (Å²) in [5, 5.41) is 0. The number of nitrogens with zero attached hydrogens (tertiary/aromatic N) is 2. The Balaban J connectivity index is 1.55. The number of aromatic nitrogens is 2. The summed E-state index contributed by atoms with van der Waals surface area (Å²) in [6, 6.07) is 14.8. The molecule has 0 saturated carbocycles. The lowest BCUT2D eigenvalue weighted by molar-refractivity contribution is -0.659. The number of fused-ring (bicyclic) bond motifs is 2. The van der Waals surface area contributed by atoms with Crippen molar-refractivity contribution < 1.29 is 14.0 Å². The third-order valence-corrected chi connectivity index (χ3v) is 7.78. The van der Waals surface area contributed by atoms with Gasteiger partial charge in [-0.1, -0.05) is 12.1 Å². The lowest BCUT2D eigenvalue weighted by Gasteiger charge is -2.19. The number of ether oxygens (including phenoxy) is 2. The standard InChI is InChI=1S/C31H35N2O2/c1-7-34-26-12-13-31-27(16-26)25(14-15-35-31)17-32-19-33(30-11-9-8-10-29(30)32)18-28-23(5)21(3)20(2)22(4)24(28)6/h8-14,16,19H,7,15,17-18H2,1-6H3/q+1. The third-order valence-electron chi connectivity index (χ3n) is 7.78. The van der Waals surface area contributed by atoms with Crippen LogP contribution in [0.1, 0.15) is 45.9 Å². The Morgan fingerprint density at radius 2 is 1.63 bits per heavy atom. The second-order valence-corrected chi connectivity index (χ2v) is 9.59. The summed E-state index contributed by atoms with van der Waals surface area (Å²) in [4.78, 5) is 0. The molecule has 0 unspecified atom stereocenters. The van der Waals surface area contributed by atoms with Crippen LogP contribution in [0.15, 0.2) is 54.9 Å². The molecule has 0 N–H and O–H groups in total. The molecule has 0 spiro atoms. The molecule has 0 bridgehead atoms. The number of benzene rings is 3. The maximum atomic E-state index is 5.91. The van der Waals surface area contributed by atoms with Crippen molar-refractivity contribution in [1.29, 1.82) is 0 Å². The van der Waals surface area contributed by atoms with Crippen molar-refractivity contribution >= 4 is 16.6 Å². The summed E-state index contributed by atoms with van der Waals surface area (Å²) in [5.74, 6) is 1.80. The summed E-state index contributed by atoms with van der Waals surface area (Å²) in [5.41, 5.74) is 13.3. The zero-order chi connectivity index (χ0) is 24.7. The van der Waals surface area contributed by atoms with Crippen LogP contribution in [0.4, 0.5) is 0 Å². The van der Waals surface area contributed by atoms with Gasteiger partial charge in [0.25, 0.3) is 0 Å². The van der Waals surface area contributed by atoms with Crippen LogP contribution < -0.4 is 14.0 Å². The lowest BCUT2D eigenvalue weighted by Crippen LogP contribution is -2.33. The molecular weight excluding hydrogens is 432 g/mol. The maximum Gasteiger partial charge on any atom is 0.245 e. The van der Waals surface area contributed by atoms with Gasteiger partial charge in [-0.05, 0) is 111 Å². The monoisotopic (exact) mass is 467 g/mol. The van der Waals surface area contributed by atoms with E-state index in [0.29, 0.717) is 13.2 Å². The highest BCUT2D eigenvalue weighted by molar-refractivity contribution is 5.75. The topological polar surface area (TPSA) is 27.3 Å². The van der Waals surface area contributed by atoms with Crippen LogP contribution in [0, 0.1) is 34.6 Å². The summed E-state index contributed by atoms with van der Waals surface area (Å²) in [6.07, 6.45) is 4.47. The molecular formula is C31H35N2O2+. The second kappa shape index (κ2) is 9.26. The van der Waals surface area contributed by atoms with Crippen LogP contribution in [0.2, 0.25) is 0 Å². The van der Waals surface area contributed by atoms with E-state index in [0.717, 1.165) is 30.2 Å². The number of hydrogen-bond donors (Lipinski definition) is 0. The first-order valence-electron chi connectivity index (χ1n) is 12.5. The van der Waals surface area contributed by atoms with Crippen LogP contribution in [0.3, 0.4) is 0 Å². The first kappa shape index (κ1) is 23.2. The number of rotatable bonds is 6. The van der Waals surface area contributed by atoms with Crippen molar-refractivity contribution in [2.24, 2.45) is 0 Å². The SMILES string of the molecule is CCOc1ccc2c(c1)C(C[n+]1cn(Cc3c(C)c(C)c(C)c(C)c3C)c3ccccc31)=CCO2. The van der Waals surface area contributed by atoms with E-state index in [9.17, 15) is 0 Å². The third kappa shape index (κ3) is 4.12. The van der Waals surface area contributed by atoms with E-state index in [1.54, 1.807) is 0 Å². The van der Waals surface area contributed by atoms with Crippen molar-refractivity contribution in [1.82, 2.24) is 4.57 Å². The zero-order valence-corrected chi connectivity index (χ0v) is 21.7. The van der Waals surface area contributed by atoms with Gasteiger partial charge < -0.3 is 9.47 Å². The molecule has 0 fully saturated rings. The van der Waals surface area contributed by atoms with E-state index >= 15 is 0 Å². The van der Waals surface area contributed by atoms with Gasteiger partial charge in [0.2, 0.25) is 6.33 Å². The number of imidazole rings is 1. The lowest BCUT2D eigenvalue weighted by atomic mass is 9.89. The Hall–Kier alpha value is -3.53. The van der Waals surface area contributed by atoms with E-state index < -0.39 is 0 Å². The molecule has 2 heterocycles. The van der Waals surface area contributed by atoms with Crippen LogP contribution in [0.25, 0.3) is 16.6 Å². The van der Waals surface area contributed by atoms with Gasteiger partial charge in [0.15, 0.2) is 11.0 Å². The molecule has 4 heteroatoms. The molecule has 1 aromatic heterocycles. The van der Waals surface area contributed by atoms with E-state index in [-0.39, 0.29) is 0 Å². The van der Waals surface area contributed by atoms with Gasteiger partial charge in [-0.25, -0.2) is 9.13 Å². The minimum absolute atomic E-state index is 0.593. The van der Waals surface area contributed by atoms with Gasteiger partial charge in [-0.2, -0.15) is 0 Å². The largest absolute Gasteiger partial charge is 0.494 e. The molecule has 0 amide bonds. The average molecular weight is 468 g/mol. The van der Waals surface area contributed by atoms with E-state index in [2.05, 4.69) is 86.5 Å². The number of hydrogen-bond acceptors (Lipinski definition) is 2. The zero-order valence-electron chi connectivity index (χ0n) is 21.7. The molecule has 180 valence electrons. The Kier molecular flexibility index (Phi) is 6.14. The van der Waals surface area contributed by atoms with Gasteiger partial charge in [-0.15, -0.1) is 0 Å². The van der Waals surface area contributed by atoms with Crippen LogP contribution in [-0.4, -0.2) is 17.8 Å². The minimum atomic E-state index is 0.593. The van der Waals surface area contributed by atoms with Crippen molar-refractivity contribution in [2.75, 3.05) is 13.2 Å². The fraction of sp³-hybridized carbons (Fsp3) is 0.323. The van der Waals surface area contributed by atoms with Gasteiger partial charge in [0.05, 0.1) is 6.61 Å². The first-order valence-corrected chi connectivity index (χ1v) is 12.5. The molecule has 5 rings (SSSR count). The molecule has 1 aliphatic heterocycles. The summed E-state index contributed by atoms with van der Waals surface area (Å²) < 4.78 is 16.4. The van der Waals surface area contributed by atoms with Gasteiger partial charge in [-0.3, -0.25) is 0 Å². The fourth-order valence-corrected chi connectivity index (χ4v) is 5.30. The van der Waals surface area contributed by atoms with Crippen molar-refractivity contribution in [2.45, 2.75) is 54.6 Å². The summed E-state index contributed by atoms with van der Waals surface area (Å²) in [6.45, 7) is 16.2. The Bertz CT molecular complexity index is 1430. The van der Waals surface area contributed by atoms with Gasteiger partial charge >= 0.3 is 0 Å². The number of para-hydroxylation sites is 2. The van der Waals surface area contributed by atoms with Gasteiger partial charge in [0, 0.05) is 11.1 Å². The second-order valence-electron chi connectivity index (χ2n) is 9.59. The highest BCUT2D eigenvalue weighted by Crippen LogP contribution is 2.34. The van der Waals surface area contributed by atoms with E-state index in [1.807, 2.05) is 19.1 Å². The molecule has 3 aromatic carbocycles. The molecule has 0 atom stereocenters. The predicted molar refractivity (Wildman–Crippen MR) is 142 cm³/mol. The Labute approximate surface area is 208 Å². The van der Waals surface area contributed by atoms with Crippen molar-refractivity contribution in [3.8, 4) is 11.5 Å².